The van der Waals surface area contributed by atoms with Crippen LogP contribution >= 0.6 is 11.3 Å². The zero-order valence-electron chi connectivity index (χ0n) is 14.6. The molecule has 2 aromatic carbocycles. The van der Waals surface area contributed by atoms with E-state index in [9.17, 15) is 0 Å². The maximum atomic E-state index is 4.93. The van der Waals surface area contributed by atoms with E-state index in [1.807, 2.05) is 0 Å². The molecule has 0 spiro atoms. The summed E-state index contributed by atoms with van der Waals surface area (Å²) in [4.78, 5) is 6.02. The van der Waals surface area contributed by atoms with Gasteiger partial charge in [-0.15, -0.1) is 11.3 Å². The number of thiazole rings is 1. The number of rotatable bonds is 5. The minimum atomic E-state index is 1.01. The molecule has 0 bridgehead atoms. The highest BCUT2D eigenvalue weighted by molar-refractivity contribution is 7.07. The van der Waals surface area contributed by atoms with Crippen LogP contribution in [0, 0.1) is 20.8 Å². The van der Waals surface area contributed by atoms with E-state index in [0.717, 1.165) is 29.9 Å². The minimum absolute atomic E-state index is 1.01. The largest absolute Gasteiger partial charge is 0.321 e. The van der Waals surface area contributed by atoms with E-state index in [0.29, 0.717) is 0 Å². The van der Waals surface area contributed by atoms with E-state index in [1.54, 1.807) is 11.3 Å². The first-order valence-corrected chi connectivity index (χ1v) is 9.32. The van der Waals surface area contributed by atoms with E-state index >= 15 is 0 Å². The average molecular weight is 337 g/mol. The first-order valence-electron chi connectivity index (χ1n) is 8.44. The van der Waals surface area contributed by atoms with Crippen LogP contribution in [0.15, 0.2) is 58.9 Å². The van der Waals surface area contributed by atoms with Gasteiger partial charge in [0, 0.05) is 17.6 Å². The normalized spacial score (nSPS) is 11.9. The molecule has 0 aliphatic heterocycles. The van der Waals surface area contributed by atoms with Gasteiger partial charge in [0.05, 0.1) is 5.69 Å². The maximum absolute atomic E-state index is 4.93. The smallest absolute Gasteiger partial charge is 0.190 e. The molecular weight excluding hydrogens is 312 g/mol. The van der Waals surface area contributed by atoms with Gasteiger partial charge >= 0.3 is 0 Å². The lowest BCUT2D eigenvalue weighted by atomic mass is 10.1. The summed E-state index contributed by atoms with van der Waals surface area (Å²) < 4.78 is 2.34. The molecule has 0 saturated carbocycles. The van der Waals surface area contributed by atoms with Gasteiger partial charge in [-0.2, -0.15) is 0 Å². The Balaban J connectivity index is 1.81. The lowest BCUT2D eigenvalue weighted by Gasteiger charge is -2.07. The van der Waals surface area contributed by atoms with Gasteiger partial charge in [0.15, 0.2) is 4.80 Å². The van der Waals surface area contributed by atoms with E-state index in [4.69, 9.17) is 4.99 Å². The molecule has 1 aromatic heterocycles. The predicted molar refractivity (Wildman–Crippen MR) is 103 cm³/mol. The third-order valence-electron chi connectivity index (χ3n) is 4.26. The van der Waals surface area contributed by atoms with Crippen molar-refractivity contribution in [3.63, 3.8) is 0 Å². The molecule has 24 heavy (non-hydrogen) atoms. The summed E-state index contributed by atoms with van der Waals surface area (Å²) in [6, 6.07) is 17.1. The Morgan fingerprint density at radius 1 is 1.00 bits per heavy atom. The van der Waals surface area contributed by atoms with Gasteiger partial charge in [-0.25, -0.2) is 4.99 Å². The van der Waals surface area contributed by atoms with Crippen LogP contribution in [0.25, 0.3) is 0 Å². The van der Waals surface area contributed by atoms with Crippen LogP contribution < -0.4 is 4.80 Å². The van der Waals surface area contributed by atoms with Crippen LogP contribution in [0.3, 0.4) is 0 Å². The molecule has 0 aliphatic carbocycles. The summed E-state index contributed by atoms with van der Waals surface area (Å²) in [5, 5.41) is 2.20. The van der Waals surface area contributed by atoms with E-state index in [1.165, 1.54) is 22.4 Å². The Labute approximate surface area is 148 Å². The fraction of sp³-hybridized carbons (Fsp3) is 0.286. The zero-order chi connectivity index (χ0) is 16.9. The van der Waals surface area contributed by atoms with E-state index < -0.39 is 0 Å². The van der Waals surface area contributed by atoms with Gasteiger partial charge < -0.3 is 4.57 Å². The Kier molecular flexibility index (Phi) is 5.31. The molecule has 0 atom stereocenters. The average Bonchev–Trinajstić information content (AvgIpc) is 2.92. The van der Waals surface area contributed by atoms with Gasteiger partial charge in [-0.05, 0) is 56.4 Å². The molecule has 0 saturated heterocycles. The van der Waals surface area contributed by atoms with Crippen LogP contribution in [-0.2, 0) is 13.0 Å². The summed E-state index contributed by atoms with van der Waals surface area (Å²) in [6.45, 7) is 7.42. The Hall–Kier alpha value is -2.13. The van der Waals surface area contributed by atoms with Gasteiger partial charge in [-0.3, -0.25) is 0 Å². The number of nitrogens with zero attached hydrogens (tertiary/aromatic N) is 2. The maximum Gasteiger partial charge on any atom is 0.190 e. The van der Waals surface area contributed by atoms with Crippen LogP contribution in [0.5, 0.6) is 0 Å². The number of hydrogen-bond donors (Lipinski definition) is 0. The van der Waals surface area contributed by atoms with Gasteiger partial charge in [-0.1, -0.05) is 42.5 Å². The number of benzene rings is 2. The van der Waals surface area contributed by atoms with Gasteiger partial charge in [0.1, 0.15) is 0 Å². The van der Waals surface area contributed by atoms with Crippen molar-refractivity contribution >= 4 is 17.0 Å². The van der Waals surface area contributed by atoms with Crippen molar-refractivity contribution in [2.45, 2.75) is 40.2 Å². The zero-order valence-corrected chi connectivity index (χ0v) is 15.4. The topological polar surface area (TPSA) is 17.3 Å². The Morgan fingerprint density at radius 3 is 2.58 bits per heavy atom. The van der Waals surface area contributed by atoms with E-state index in [-0.39, 0.29) is 0 Å². The van der Waals surface area contributed by atoms with Crippen molar-refractivity contribution < 1.29 is 0 Å². The molecule has 3 aromatic rings. The number of aryl methyl sites for hydroxylation is 4. The molecule has 0 fully saturated rings. The SMILES string of the molecule is Cc1ccc(C)c(N=c2scc(C)n2CCCc2ccccc2)c1. The molecule has 1 heterocycles. The van der Waals surface area contributed by atoms with Crippen molar-refractivity contribution in [2.75, 3.05) is 0 Å². The molecule has 124 valence electrons. The van der Waals surface area contributed by atoms with Crippen molar-refractivity contribution in [1.82, 2.24) is 4.57 Å². The van der Waals surface area contributed by atoms with E-state index in [2.05, 4.69) is 79.2 Å². The summed E-state index contributed by atoms with van der Waals surface area (Å²) in [5.74, 6) is 0. The standard InChI is InChI=1S/C21H24N2S/c1-16-11-12-17(2)20(14-16)22-21-23(18(3)15-24-21)13-7-10-19-8-5-4-6-9-19/h4-6,8-9,11-12,14-15H,7,10,13H2,1-3H3. The summed E-state index contributed by atoms with van der Waals surface area (Å²) in [7, 11) is 0. The van der Waals surface area contributed by atoms with Crippen molar-refractivity contribution in [2.24, 2.45) is 4.99 Å². The highest BCUT2D eigenvalue weighted by atomic mass is 32.1. The Morgan fingerprint density at radius 2 is 1.79 bits per heavy atom. The highest BCUT2D eigenvalue weighted by Crippen LogP contribution is 2.19. The quantitative estimate of drug-likeness (QED) is 0.598. The number of aromatic nitrogens is 1. The monoisotopic (exact) mass is 336 g/mol. The lowest BCUT2D eigenvalue weighted by Crippen LogP contribution is -2.16. The summed E-state index contributed by atoms with van der Waals surface area (Å²) >= 11 is 1.73. The molecule has 3 heteroatoms. The van der Waals surface area contributed by atoms with Crippen LogP contribution in [-0.4, -0.2) is 4.57 Å². The fourth-order valence-electron chi connectivity index (χ4n) is 2.80. The van der Waals surface area contributed by atoms with Crippen LogP contribution in [0.1, 0.15) is 28.8 Å². The second-order valence-electron chi connectivity index (χ2n) is 6.30. The molecule has 0 radical (unpaired) electrons. The van der Waals surface area contributed by atoms with Crippen LogP contribution in [0.4, 0.5) is 5.69 Å². The molecule has 0 N–H and O–H groups in total. The van der Waals surface area contributed by atoms with Gasteiger partial charge in [0.2, 0.25) is 0 Å². The third kappa shape index (κ3) is 4.04. The first kappa shape index (κ1) is 16.7. The van der Waals surface area contributed by atoms with Crippen molar-refractivity contribution in [3.8, 4) is 0 Å². The molecule has 2 nitrogen and oxygen atoms in total. The third-order valence-corrected chi connectivity index (χ3v) is 5.24. The van der Waals surface area contributed by atoms with Crippen molar-refractivity contribution in [1.29, 1.82) is 0 Å². The molecule has 0 unspecified atom stereocenters. The predicted octanol–water partition coefficient (Wildman–Crippen LogP) is 5.34. The second kappa shape index (κ2) is 7.63. The van der Waals surface area contributed by atoms with Crippen molar-refractivity contribution in [3.05, 3.63) is 81.1 Å². The molecule has 3 rings (SSSR count). The molecule has 0 amide bonds. The van der Waals surface area contributed by atoms with Crippen LogP contribution in [0.2, 0.25) is 0 Å². The summed E-state index contributed by atoms with van der Waals surface area (Å²) in [5.41, 5.74) is 6.25. The minimum Gasteiger partial charge on any atom is -0.321 e. The van der Waals surface area contributed by atoms with Gasteiger partial charge in [0.25, 0.3) is 0 Å². The molecular formula is C21H24N2S. The lowest BCUT2D eigenvalue weighted by molar-refractivity contribution is 0.614. The highest BCUT2D eigenvalue weighted by Gasteiger charge is 2.03. The summed E-state index contributed by atoms with van der Waals surface area (Å²) in [6.07, 6.45) is 2.23. The molecule has 0 aliphatic rings. The number of hydrogen-bond acceptors (Lipinski definition) is 2. The second-order valence-corrected chi connectivity index (χ2v) is 7.14. The fourth-order valence-corrected chi connectivity index (χ4v) is 3.72. The Bertz CT molecular complexity index is 872. The first-order chi connectivity index (χ1) is 11.6.